The molecular formula is C11H16N4O. The summed E-state index contributed by atoms with van der Waals surface area (Å²) >= 11 is 0. The lowest BCUT2D eigenvalue weighted by molar-refractivity contribution is 0.184. The van der Waals surface area contributed by atoms with Gasteiger partial charge in [0.15, 0.2) is 0 Å². The van der Waals surface area contributed by atoms with E-state index < -0.39 is 6.10 Å². The van der Waals surface area contributed by atoms with Gasteiger partial charge in [0.05, 0.1) is 11.2 Å². The van der Waals surface area contributed by atoms with E-state index >= 15 is 0 Å². The van der Waals surface area contributed by atoms with Crippen LogP contribution in [0.15, 0.2) is 24.5 Å². The molecule has 0 bridgehead atoms. The molecule has 1 unspecified atom stereocenters. The fourth-order valence-electron chi connectivity index (χ4n) is 1.76. The first kappa shape index (κ1) is 10.9. The minimum atomic E-state index is -0.706. The SMILES string of the molecule is CN(C)c1cccc2c(C(O)CN)ncn12. The van der Waals surface area contributed by atoms with E-state index in [4.69, 9.17) is 5.73 Å². The predicted molar refractivity (Wildman–Crippen MR) is 63.5 cm³/mol. The Balaban J connectivity index is 2.61. The molecule has 0 aromatic carbocycles. The van der Waals surface area contributed by atoms with Crippen LogP contribution in [0.3, 0.4) is 0 Å². The molecule has 5 nitrogen and oxygen atoms in total. The Labute approximate surface area is 94.1 Å². The van der Waals surface area contributed by atoms with Crippen LogP contribution in [0.2, 0.25) is 0 Å². The molecule has 0 aliphatic carbocycles. The average molecular weight is 220 g/mol. The Morgan fingerprint density at radius 3 is 2.88 bits per heavy atom. The van der Waals surface area contributed by atoms with E-state index in [0.717, 1.165) is 11.3 Å². The minimum absolute atomic E-state index is 0.179. The van der Waals surface area contributed by atoms with Gasteiger partial charge in [-0.15, -0.1) is 0 Å². The van der Waals surface area contributed by atoms with Gasteiger partial charge in [-0.05, 0) is 12.1 Å². The lowest BCUT2D eigenvalue weighted by Gasteiger charge is -2.14. The highest BCUT2D eigenvalue weighted by Crippen LogP contribution is 2.21. The number of nitrogens with two attached hydrogens (primary N) is 1. The van der Waals surface area contributed by atoms with Crippen molar-refractivity contribution < 1.29 is 5.11 Å². The van der Waals surface area contributed by atoms with Gasteiger partial charge < -0.3 is 15.7 Å². The van der Waals surface area contributed by atoms with Crippen molar-refractivity contribution in [3.8, 4) is 0 Å². The lowest BCUT2D eigenvalue weighted by Crippen LogP contribution is -2.13. The number of imidazole rings is 1. The number of aliphatic hydroxyl groups excluding tert-OH is 1. The maximum atomic E-state index is 9.73. The highest BCUT2D eigenvalue weighted by molar-refractivity contribution is 5.59. The van der Waals surface area contributed by atoms with Crippen molar-refractivity contribution in [1.29, 1.82) is 0 Å². The smallest absolute Gasteiger partial charge is 0.113 e. The molecule has 2 rings (SSSR count). The maximum absolute atomic E-state index is 9.73. The van der Waals surface area contributed by atoms with Gasteiger partial charge in [0, 0.05) is 20.6 Å². The number of aliphatic hydroxyl groups is 1. The topological polar surface area (TPSA) is 66.8 Å². The highest BCUT2D eigenvalue weighted by atomic mass is 16.3. The van der Waals surface area contributed by atoms with E-state index in [-0.39, 0.29) is 6.54 Å². The average Bonchev–Trinajstić information content (AvgIpc) is 2.71. The van der Waals surface area contributed by atoms with Gasteiger partial charge in [-0.2, -0.15) is 0 Å². The summed E-state index contributed by atoms with van der Waals surface area (Å²) < 4.78 is 1.94. The number of fused-ring (bicyclic) bond motifs is 1. The molecule has 16 heavy (non-hydrogen) atoms. The zero-order valence-corrected chi connectivity index (χ0v) is 9.46. The van der Waals surface area contributed by atoms with Crippen LogP contribution in [0.25, 0.3) is 5.52 Å². The van der Waals surface area contributed by atoms with Gasteiger partial charge in [0.25, 0.3) is 0 Å². The molecule has 2 aromatic rings. The largest absolute Gasteiger partial charge is 0.385 e. The first-order valence-corrected chi connectivity index (χ1v) is 5.16. The normalized spacial score (nSPS) is 13.0. The second-order valence-corrected chi connectivity index (χ2v) is 3.91. The van der Waals surface area contributed by atoms with Gasteiger partial charge in [0.2, 0.25) is 0 Å². The molecule has 0 aliphatic heterocycles. The summed E-state index contributed by atoms with van der Waals surface area (Å²) in [6.45, 7) is 0.179. The van der Waals surface area contributed by atoms with Crippen LogP contribution in [0.4, 0.5) is 5.82 Å². The van der Waals surface area contributed by atoms with Gasteiger partial charge in [0.1, 0.15) is 18.2 Å². The number of nitrogens with zero attached hydrogens (tertiary/aromatic N) is 3. The fourth-order valence-corrected chi connectivity index (χ4v) is 1.76. The molecule has 0 amide bonds. The van der Waals surface area contributed by atoms with Crippen molar-refractivity contribution in [1.82, 2.24) is 9.38 Å². The second-order valence-electron chi connectivity index (χ2n) is 3.91. The quantitative estimate of drug-likeness (QED) is 0.785. The fraction of sp³-hybridized carbons (Fsp3) is 0.364. The maximum Gasteiger partial charge on any atom is 0.113 e. The van der Waals surface area contributed by atoms with Gasteiger partial charge in [-0.1, -0.05) is 6.07 Å². The molecule has 2 aromatic heterocycles. The highest BCUT2D eigenvalue weighted by Gasteiger charge is 2.14. The third kappa shape index (κ3) is 1.64. The molecule has 2 heterocycles. The molecule has 0 saturated carbocycles. The van der Waals surface area contributed by atoms with E-state index in [1.54, 1.807) is 6.33 Å². The summed E-state index contributed by atoms with van der Waals surface area (Å²) in [6, 6.07) is 5.86. The van der Waals surface area contributed by atoms with Crippen LogP contribution in [-0.2, 0) is 0 Å². The van der Waals surface area contributed by atoms with Crippen LogP contribution in [0, 0.1) is 0 Å². The molecule has 5 heteroatoms. The van der Waals surface area contributed by atoms with Crippen LogP contribution in [0.1, 0.15) is 11.8 Å². The number of pyridine rings is 1. The van der Waals surface area contributed by atoms with Crippen molar-refractivity contribution >= 4 is 11.3 Å². The summed E-state index contributed by atoms with van der Waals surface area (Å²) in [7, 11) is 3.93. The third-order valence-electron chi connectivity index (χ3n) is 2.58. The minimum Gasteiger partial charge on any atom is -0.385 e. The molecule has 86 valence electrons. The monoisotopic (exact) mass is 220 g/mol. The summed E-state index contributed by atoms with van der Waals surface area (Å²) in [5, 5.41) is 9.73. The Bertz CT molecular complexity index is 492. The summed E-state index contributed by atoms with van der Waals surface area (Å²) in [5.74, 6) is 1.01. The van der Waals surface area contributed by atoms with E-state index in [1.165, 1.54) is 0 Å². The van der Waals surface area contributed by atoms with Gasteiger partial charge >= 0.3 is 0 Å². The molecule has 0 saturated heterocycles. The summed E-state index contributed by atoms with van der Waals surface area (Å²) in [6.07, 6.45) is 1.00. The van der Waals surface area contributed by atoms with Crippen LogP contribution in [0.5, 0.6) is 0 Å². The predicted octanol–water partition coefficient (Wildman–Crippen LogP) is 0.392. The molecule has 0 aliphatic rings. The zero-order valence-electron chi connectivity index (χ0n) is 9.46. The third-order valence-corrected chi connectivity index (χ3v) is 2.58. The van der Waals surface area contributed by atoms with Crippen LogP contribution >= 0.6 is 0 Å². The summed E-state index contributed by atoms with van der Waals surface area (Å²) in [5.41, 5.74) is 6.97. The van der Waals surface area contributed by atoms with Crippen molar-refractivity contribution in [2.24, 2.45) is 5.73 Å². The number of aromatic nitrogens is 2. The molecule has 0 spiro atoms. The summed E-state index contributed by atoms with van der Waals surface area (Å²) in [4.78, 5) is 6.21. The Hall–Kier alpha value is -1.59. The van der Waals surface area contributed by atoms with E-state index in [2.05, 4.69) is 4.98 Å². The van der Waals surface area contributed by atoms with Crippen LogP contribution in [-0.4, -0.2) is 35.1 Å². The van der Waals surface area contributed by atoms with Crippen LogP contribution < -0.4 is 10.6 Å². The molecule has 1 atom stereocenters. The Morgan fingerprint density at radius 2 is 2.25 bits per heavy atom. The molecule has 3 N–H and O–H groups in total. The van der Waals surface area contributed by atoms with Crippen molar-refractivity contribution in [3.05, 3.63) is 30.2 Å². The molecule has 0 fully saturated rings. The first-order chi connectivity index (χ1) is 7.65. The van der Waals surface area contributed by atoms with Gasteiger partial charge in [-0.25, -0.2) is 4.98 Å². The van der Waals surface area contributed by atoms with Crippen molar-refractivity contribution in [3.63, 3.8) is 0 Å². The standard InChI is InChI=1S/C11H16N4O/c1-14(2)10-5-3-4-8-11(9(16)6-12)13-7-15(8)10/h3-5,7,9,16H,6,12H2,1-2H3. The Morgan fingerprint density at radius 1 is 1.50 bits per heavy atom. The lowest BCUT2D eigenvalue weighted by atomic mass is 10.2. The van der Waals surface area contributed by atoms with Crippen molar-refractivity contribution in [2.75, 3.05) is 25.5 Å². The second kappa shape index (κ2) is 4.11. The zero-order chi connectivity index (χ0) is 11.7. The molecular weight excluding hydrogens is 204 g/mol. The van der Waals surface area contributed by atoms with Gasteiger partial charge in [-0.3, -0.25) is 4.40 Å². The number of hydrogen-bond acceptors (Lipinski definition) is 4. The number of hydrogen-bond donors (Lipinski definition) is 2. The van der Waals surface area contributed by atoms with E-state index in [0.29, 0.717) is 5.69 Å². The van der Waals surface area contributed by atoms with Crippen molar-refractivity contribution in [2.45, 2.75) is 6.10 Å². The number of anilines is 1. The number of rotatable bonds is 3. The molecule has 0 radical (unpaired) electrons. The van der Waals surface area contributed by atoms with E-state index in [9.17, 15) is 5.11 Å². The first-order valence-electron chi connectivity index (χ1n) is 5.16. The van der Waals surface area contributed by atoms with E-state index in [1.807, 2.05) is 41.6 Å². The Kier molecular flexibility index (Phi) is 2.80.